The molecule has 6 heteroatoms. The molecule has 0 saturated heterocycles. The van der Waals surface area contributed by atoms with E-state index in [1.165, 1.54) is 24.4 Å². The van der Waals surface area contributed by atoms with Crippen LogP contribution in [0.1, 0.15) is 18.1 Å². The van der Waals surface area contributed by atoms with Gasteiger partial charge in [-0.05, 0) is 31.5 Å². The van der Waals surface area contributed by atoms with Gasteiger partial charge < -0.3 is 14.8 Å². The van der Waals surface area contributed by atoms with Crippen molar-refractivity contribution in [3.63, 3.8) is 0 Å². The Morgan fingerprint density at radius 3 is 2.50 bits per heavy atom. The topological polar surface area (TPSA) is 64.6 Å². The Bertz CT molecular complexity index is 746. The summed E-state index contributed by atoms with van der Waals surface area (Å²) in [5, 5.41) is 2.71. The molecule has 1 amide bonds. The minimum atomic E-state index is -0.882. The van der Waals surface area contributed by atoms with Crippen molar-refractivity contribution in [2.24, 2.45) is 0 Å². The van der Waals surface area contributed by atoms with Gasteiger partial charge in [-0.3, -0.25) is 9.59 Å². The number of hydrogen-bond donors (Lipinski definition) is 1. The van der Waals surface area contributed by atoms with Gasteiger partial charge in [0.25, 0.3) is 5.91 Å². The lowest BCUT2D eigenvalue weighted by molar-refractivity contribution is -0.150. The smallest absolute Gasteiger partial charge is 0.316 e. The molecular formula is C20H23NO4S. The molecule has 0 unspecified atom stereocenters. The molecule has 2 rings (SSSR count). The lowest BCUT2D eigenvalue weighted by Gasteiger charge is -2.15. The number of esters is 1. The Balaban J connectivity index is 1.76. The Labute approximate surface area is 158 Å². The van der Waals surface area contributed by atoms with Crippen LogP contribution in [0.2, 0.25) is 0 Å². The molecule has 0 spiro atoms. The Morgan fingerprint density at radius 2 is 1.81 bits per heavy atom. The largest absolute Gasteiger partial charge is 0.495 e. The number of ether oxygens (including phenoxy) is 2. The molecule has 0 saturated carbocycles. The standard InChI is InChI=1S/C20H23NO4S/c1-14-8-10-16(11-9-14)12-26-13-19(22)25-15(2)20(23)21-17-6-4-5-7-18(17)24-3/h4-11,15H,12-13H2,1-3H3,(H,21,23)/t15-/m0/s1. The van der Waals surface area contributed by atoms with Gasteiger partial charge in [-0.25, -0.2) is 0 Å². The van der Waals surface area contributed by atoms with E-state index in [0.29, 0.717) is 11.4 Å². The lowest BCUT2D eigenvalue weighted by atomic mass is 10.2. The van der Waals surface area contributed by atoms with Gasteiger partial charge in [-0.2, -0.15) is 0 Å². The summed E-state index contributed by atoms with van der Waals surface area (Å²) in [6.45, 7) is 3.58. The van der Waals surface area contributed by atoms with Crippen LogP contribution < -0.4 is 10.1 Å². The predicted molar refractivity (Wildman–Crippen MR) is 105 cm³/mol. The van der Waals surface area contributed by atoms with Crippen molar-refractivity contribution in [2.45, 2.75) is 25.7 Å². The number of benzene rings is 2. The second-order valence-electron chi connectivity index (χ2n) is 5.80. The quantitative estimate of drug-likeness (QED) is 0.713. The molecule has 1 atom stereocenters. The molecule has 0 aliphatic carbocycles. The second kappa shape index (κ2) is 9.87. The number of anilines is 1. The fraction of sp³-hybridized carbons (Fsp3) is 0.300. The van der Waals surface area contributed by atoms with Gasteiger partial charge in [0, 0.05) is 5.75 Å². The first kappa shape index (κ1) is 19.8. The van der Waals surface area contributed by atoms with Crippen LogP contribution in [0.3, 0.4) is 0 Å². The minimum Gasteiger partial charge on any atom is -0.495 e. The molecule has 0 fully saturated rings. The number of thioether (sulfide) groups is 1. The van der Waals surface area contributed by atoms with Crippen LogP contribution in [-0.4, -0.2) is 30.8 Å². The summed E-state index contributed by atoms with van der Waals surface area (Å²) in [5.74, 6) is 0.654. The third-order valence-electron chi connectivity index (χ3n) is 3.65. The van der Waals surface area contributed by atoms with E-state index < -0.39 is 18.0 Å². The first-order valence-corrected chi connectivity index (χ1v) is 9.41. The van der Waals surface area contributed by atoms with Crippen LogP contribution in [0.4, 0.5) is 5.69 Å². The zero-order valence-corrected chi connectivity index (χ0v) is 16.0. The Morgan fingerprint density at radius 1 is 1.12 bits per heavy atom. The van der Waals surface area contributed by atoms with E-state index in [9.17, 15) is 9.59 Å². The van der Waals surface area contributed by atoms with E-state index in [-0.39, 0.29) is 5.75 Å². The van der Waals surface area contributed by atoms with Crippen LogP contribution in [0.15, 0.2) is 48.5 Å². The van der Waals surface area contributed by atoms with Crippen molar-refractivity contribution in [3.05, 3.63) is 59.7 Å². The highest BCUT2D eigenvalue weighted by molar-refractivity contribution is 7.99. The number of aryl methyl sites for hydroxylation is 1. The van der Waals surface area contributed by atoms with Crippen molar-refractivity contribution >= 4 is 29.3 Å². The first-order valence-electron chi connectivity index (χ1n) is 8.26. The highest BCUT2D eigenvalue weighted by atomic mass is 32.2. The highest BCUT2D eigenvalue weighted by Crippen LogP contribution is 2.23. The average Bonchev–Trinajstić information content (AvgIpc) is 2.63. The van der Waals surface area contributed by atoms with Gasteiger partial charge in [-0.1, -0.05) is 42.0 Å². The zero-order chi connectivity index (χ0) is 18.9. The monoisotopic (exact) mass is 373 g/mol. The normalized spacial score (nSPS) is 11.5. The average molecular weight is 373 g/mol. The number of carbonyl (C=O) groups excluding carboxylic acids is 2. The van der Waals surface area contributed by atoms with E-state index in [2.05, 4.69) is 5.32 Å². The van der Waals surface area contributed by atoms with Crippen molar-refractivity contribution in [1.29, 1.82) is 0 Å². The van der Waals surface area contributed by atoms with Gasteiger partial charge >= 0.3 is 5.97 Å². The maximum atomic E-state index is 12.2. The zero-order valence-electron chi connectivity index (χ0n) is 15.2. The number of hydrogen-bond acceptors (Lipinski definition) is 5. The second-order valence-corrected chi connectivity index (χ2v) is 6.79. The molecule has 0 aliphatic heterocycles. The summed E-state index contributed by atoms with van der Waals surface area (Å²) in [7, 11) is 1.53. The van der Waals surface area contributed by atoms with Gasteiger partial charge in [-0.15, -0.1) is 11.8 Å². The van der Waals surface area contributed by atoms with Crippen molar-refractivity contribution in [2.75, 3.05) is 18.2 Å². The molecule has 138 valence electrons. The maximum Gasteiger partial charge on any atom is 0.316 e. The van der Waals surface area contributed by atoms with E-state index in [1.54, 1.807) is 25.1 Å². The molecular weight excluding hydrogens is 350 g/mol. The molecule has 0 bridgehead atoms. The molecule has 2 aromatic rings. The molecule has 0 heterocycles. The molecule has 0 aliphatic rings. The van der Waals surface area contributed by atoms with Crippen LogP contribution in [0.5, 0.6) is 5.75 Å². The molecule has 5 nitrogen and oxygen atoms in total. The summed E-state index contributed by atoms with van der Waals surface area (Å²) in [6, 6.07) is 15.2. The van der Waals surface area contributed by atoms with E-state index in [1.807, 2.05) is 37.3 Å². The van der Waals surface area contributed by atoms with E-state index >= 15 is 0 Å². The number of rotatable bonds is 8. The van der Waals surface area contributed by atoms with Crippen molar-refractivity contribution < 1.29 is 19.1 Å². The summed E-state index contributed by atoms with van der Waals surface area (Å²) in [6.07, 6.45) is -0.882. The minimum absolute atomic E-state index is 0.195. The summed E-state index contributed by atoms with van der Waals surface area (Å²) >= 11 is 1.46. The van der Waals surface area contributed by atoms with Gasteiger partial charge in [0.15, 0.2) is 6.10 Å². The maximum absolute atomic E-state index is 12.2. The third kappa shape index (κ3) is 6.11. The number of nitrogens with one attached hydrogen (secondary N) is 1. The number of para-hydroxylation sites is 2. The Kier molecular flexibility index (Phi) is 7.53. The molecule has 26 heavy (non-hydrogen) atoms. The van der Waals surface area contributed by atoms with E-state index in [0.717, 1.165) is 11.3 Å². The summed E-state index contributed by atoms with van der Waals surface area (Å²) < 4.78 is 10.4. The molecule has 2 aromatic carbocycles. The fourth-order valence-electron chi connectivity index (χ4n) is 2.20. The lowest BCUT2D eigenvalue weighted by Crippen LogP contribution is -2.30. The number of methoxy groups -OCH3 is 1. The molecule has 0 aromatic heterocycles. The van der Waals surface area contributed by atoms with Gasteiger partial charge in [0.2, 0.25) is 0 Å². The van der Waals surface area contributed by atoms with Crippen molar-refractivity contribution in [1.82, 2.24) is 0 Å². The summed E-state index contributed by atoms with van der Waals surface area (Å²) in [4.78, 5) is 24.1. The van der Waals surface area contributed by atoms with Crippen LogP contribution in [0, 0.1) is 6.92 Å². The predicted octanol–water partition coefficient (Wildman–Crippen LogP) is 3.81. The van der Waals surface area contributed by atoms with Crippen LogP contribution in [-0.2, 0) is 20.1 Å². The first-order chi connectivity index (χ1) is 12.5. The Hall–Kier alpha value is -2.47. The fourth-order valence-corrected chi connectivity index (χ4v) is 2.97. The van der Waals surface area contributed by atoms with Gasteiger partial charge in [0.1, 0.15) is 5.75 Å². The van der Waals surface area contributed by atoms with Crippen LogP contribution >= 0.6 is 11.8 Å². The van der Waals surface area contributed by atoms with Crippen LogP contribution in [0.25, 0.3) is 0 Å². The van der Waals surface area contributed by atoms with E-state index in [4.69, 9.17) is 9.47 Å². The molecule has 1 N–H and O–H groups in total. The SMILES string of the molecule is COc1ccccc1NC(=O)[C@H](C)OC(=O)CSCc1ccc(C)cc1. The summed E-state index contributed by atoms with van der Waals surface area (Å²) in [5.41, 5.74) is 2.89. The number of amides is 1. The number of carbonyl (C=O) groups is 2. The van der Waals surface area contributed by atoms with Gasteiger partial charge in [0.05, 0.1) is 18.6 Å². The molecule has 0 radical (unpaired) electrons. The van der Waals surface area contributed by atoms with Crippen molar-refractivity contribution in [3.8, 4) is 5.75 Å². The third-order valence-corrected chi connectivity index (χ3v) is 4.63. The highest BCUT2D eigenvalue weighted by Gasteiger charge is 2.19.